The van der Waals surface area contributed by atoms with Crippen LogP contribution in [0.2, 0.25) is 0 Å². The zero-order valence-corrected chi connectivity index (χ0v) is 11.1. The molecule has 2 N–H and O–H groups in total. The molecule has 2 aliphatic rings. The zero-order chi connectivity index (χ0) is 13.2. The maximum Gasteiger partial charge on any atom is 0.329 e. The first-order valence-electron chi connectivity index (χ1n) is 7.09. The van der Waals surface area contributed by atoms with E-state index in [-0.39, 0.29) is 11.8 Å². The summed E-state index contributed by atoms with van der Waals surface area (Å²) in [5.74, 6) is -0.171. The molecule has 0 radical (unpaired) electrons. The summed E-state index contributed by atoms with van der Waals surface area (Å²) in [6, 6.07) is 0. The molecule has 0 bridgehead atoms. The highest BCUT2D eigenvalue weighted by molar-refractivity contribution is 5.88. The van der Waals surface area contributed by atoms with Crippen molar-refractivity contribution in [3.8, 4) is 0 Å². The number of hydrogen-bond donors (Lipinski definition) is 2. The summed E-state index contributed by atoms with van der Waals surface area (Å²) < 4.78 is 0. The number of nitrogens with one attached hydrogen (secondary N) is 1. The van der Waals surface area contributed by atoms with Gasteiger partial charge in [0.15, 0.2) is 0 Å². The summed E-state index contributed by atoms with van der Waals surface area (Å²) in [7, 11) is 0. The van der Waals surface area contributed by atoms with Crippen molar-refractivity contribution in [1.29, 1.82) is 0 Å². The third-order valence-corrected chi connectivity index (χ3v) is 4.62. The highest BCUT2D eigenvalue weighted by Crippen LogP contribution is 2.33. The standard InChI is InChI=1S/C14H23NO3/c1-10-4-6-11(7-5-10)12(16)15-14(13(17)18)8-2-3-9-14/h10-11H,2-9H2,1H3,(H,15,16)(H,17,18). The number of carboxylic acids is 1. The quantitative estimate of drug-likeness (QED) is 0.811. The minimum atomic E-state index is -0.972. The van der Waals surface area contributed by atoms with Crippen molar-refractivity contribution in [2.75, 3.05) is 0 Å². The van der Waals surface area contributed by atoms with Crippen LogP contribution >= 0.6 is 0 Å². The molecular weight excluding hydrogens is 230 g/mol. The molecule has 0 aromatic heterocycles. The Morgan fingerprint density at radius 1 is 1.11 bits per heavy atom. The fourth-order valence-corrected chi connectivity index (χ4v) is 3.23. The predicted molar refractivity (Wildman–Crippen MR) is 68.1 cm³/mol. The van der Waals surface area contributed by atoms with Crippen molar-refractivity contribution in [3.05, 3.63) is 0 Å². The van der Waals surface area contributed by atoms with Gasteiger partial charge in [-0.25, -0.2) is 4.79 Å². The molecule has 2 fully saturated rings. The van der Waals surface area contributed by atoms with E-state index >= 15 is 0 Å². The molecule has 0 atom stereocenters. The highest BCUT2D eigenvalue weighted by atomic mass is 16.4. The van der Waals surface area contributed by atoms with Gasteiger partial charge >= 0.3 is 5.97 Å². The van der Waals surface area contributed by atoms with Crippen LogP contribution in [0.4, 0.5) is 0 Å². The topological polar surface area (TPSA) is 66.4 Å². The van der Waals surface area contributed by atoms with Gasteiger partial charge in [-0.15, -0.1) is 0 Å². The Hall–Kier alpha value is -1.06. The van der Waals surface area contributed by atoms with E-state index in [0.717, 1.165) is 38.5 Å². The van der Waals surface area contributed by atoms with Crippen LogP contribution in [-0.4, -0.2) is 22.5 Å². The lowest BCUT2D eigenvalue weighted by Gasteiger charge is -2.30. The lowest BCUT2D eigenvalue weighted by atomic mass is 9.82. The van der Waals surface area contributed by atoms with Gasteiger partial charge in [-0.2, -0.15) is 0 Å². The van der Waals surface area contributed by atoms with E-state index in [1.807, 2.05) is 0 Å². The van der Waals surface area contributed by atoms with Crippen molar-refractivity contribution in [3.63, 3.8) is 0 Å². The lowest BCUT2D eigenvalue weighted by molar-refractivity contribution is -0.148. The molecule has 0 aromatic rings. The van der Waals surface area contributed by atoms with Gasteiger partial charge in [0.2, 0.25) is 5.91 Å². The number of hydrogen-bond acceptors (Lipinski definition) is 2. The summed E-state index contributed by atoms with van der Waals surface area (Å²) >= 11 is 0. The van der Waals surface area contributed by atoms with Crippen LogP contribution in [0.15, 0.2) is 0 Å². The fraction of sp³-hybridized carbons (Fsp3) is 0.857. The van der Waals surface area contributed by atoms with Crippen molar-refractivity contribution in [1.82, 2.24) is 5.32 Å². The molecule has 1 amide bonds. The Labute approximate surface area is 108 Å². The first kappa shape index (κ1) is 13.4. The fourth-order valence-electron chi connectivity index (χ4n) is 3.23. The van der Waals surface area contributed by atoms with Gasteiger partial charge in [0.05, 0.1) is 0 Å². The van der Waals surface area contributed by atoms with Crippen LogP contribution in [0.25, 0.3) is 0 Å². The summed E-state index contributed by atoms with van der Waals surface area (Å²) in [5, 5.41) is 12.2. The second-order valence-electron chi connectivity index (χ2n) is 6.04. The first-order valence-corrected chi connectivity index (χ1v) is 7.09. The Kier molecular flexibility index (Phi) is 3.93. The van der Waals surface area contributed by atoms with Crippen LogP contribution in [0.1, 0.15) is 58.3 Å². The number of carboxylic acid groups (broad SMARTS) is 1. The van der Waals surface area contributed by atoms with Crippen LogP contribution in [0, 0.1) is 11.8 Å². The monoisotopic (exact) mass is 253 g/mol. The van der Waals surface area contributed by atoms with E-state index in [4.69, 9.17) is 0 Å². The van der Waals surface area contributed by atoms with Gasteiger partial charge in [-0.1, -0.05) is 19.8 Å². The SMILES string of the molecule is CC1CCC(C(=O)NC2(C(=O)O)CCCC2)CC1. The number of rotatable bonds is 3. The molecule has 2 saturated carbocycles. The normalized spacial score (nSPS) is 30.9. The summed E-state index contributed by atoms with van der Waals surface area (Å²) in [6.07, 6.45) is 6.93. The maximum atomic E-state index is 12.2. The second kappa shape index (κ2) is 5.29. The average Bonchev–Trinajstić information content (AvgIpc) is 2.79. The van der Waals surface area contributed by atoms with Crippen molar-refractivity contribution in [2.24, 2.45) is 11.8 Å². The van der Waals surface area contributed by atoms with Gasteiger partial charge in [0, 0.05) is 5.92 Å². The predicted octanol–water partition coefficient (Wildman–Crippen LogP) is 2.33. The third-order valence-electron chi connectivity index (χ3n) is 4.62. The summed E-state index contributed by atoms with van der Waals surface area (Å²) in [4.78, 5) is 23.6. The minimum Gasteiger partial charge on any atom is -0.480 e. The smallest absolute Gasteiger partial charge is 0.329 e. The molecule has 0 spiro atoms. The van der Waals surface area contributed by atoms with Crippen LogP contribution < -0.4 is 5.32 Å². The second-order valence-corrected chi connectivity index (χ2v) is 6.04. The molecule has 2 rings (SSSR count). The average molecular weight is 253 g/mol. The van der Waals surface area contributed by atoms with Crippen LogP contribution in [0.5, 0.6) is 0 Å². The molecule has 18 heavy (non-hydrogen) atoms. The number of carbonyl (C=O) groups is 2. The van der Waals surface area contributed by atoms with E-state index in [9.17, 15) is 14.7 Å². The number of aliphatic carboxylic acids is 1. The van der Waals surface area contributed by atoms with Gasteiger partial charge in [0.1, 0.15) is 5.54 Å². The zero-order valence-electron chi connectivity index (χ0n) is 11.1. The molecular formula is C14H23NO3. The van der Waals surface area contributed by atoms with Gasteiger partial charge < -0.3 is 10.4 Å². The van der Waals surface area contributed by atoms with Gasteiger partial charge in [-0.3, -0.25) is 4.79 Å². The molecule has 0 unspecified atom stereocenters. The van der Waals surface area contributed by atoms with E-state index in [2.05, 4.69) is 12.2 Å². The largest absolute Gasteiger partial charge is 0.480 e. The lowest BCUT2D eigenvalue weighted by Crippen LogP contribution is -2.54. The van der Waals surface area contributed by atoms with E-state index in [0.29, 0.717) is 18.8 Å². The molecule has 0 aliphatic heterocycles. The van der Waals surface area contributed by atoms with Crippen molar-refractivity contribution in [2.45, 2.75) is 63.8 Å². The molecule has 0 aromatic carbocycles. The molecule has 2 aliphatic carbocycles. The van der Waals surface area contributed by atoms with Crippen molar-refractivity contribution < 1.29 is 14.7 Å². The highest BCUT2D eigenvalue weighted by Gasteiger charge is 2.43. The van der Waals surface area contributed by atoms with Crippen LogP contribution in [0.3, 0.4) is 0 Å². The van der Waals surface area contributed by atoms with Crippen molar-refractivity contribution >= 4 is 11.9 Å². The Morgan fingerprint density at radius 2 is 1.67 bits per heavy atom. The van der Waals surface area contributed by atoms with E-state index in [1.165, 1.54) is 0 Å². The molecule has 102 valence electrons. The molecule has 4 nitrogen and oxygen atoms in total. The summed E-state index contributed by atoms with van der Waals surface area (Å²) in [5.41, 5.74) is -0.972. The Balaban J connectivity index is 1.95. The first-order chi connectivity index (χ1) is 8.53. The third kappa shape index (κ3) is 2.68. The van der Waals surface area contributed by atoms with E-state index in [1.54, 1.807) is 0 Å². The number of carbonyl (C=O) groups excluding carboxylic acids is 1. The molecule has 4 heteroatoms. The minimum absolute atomic E-state index is 0.0259. The van der Waals surface area contributed by atoms with Crippen LogP contribution in [-0.2, 0) is 9.59 Å². The van der Waals surface area contributed by atoms with Gasteiger partial charge in [0.25, 0.3) is 0 Å². The summed E-state index contributed by atoms with van der Waals surface area (Å²) in [6.45, 7) is 2.21. The van der Waals surface area contributed by atoms with E-state index < -0.39 is 11.5 Å². The Bertz CT molecular complexity index is 326. The molecule has 0 saturated heterocycles. The molecule has 0 heterocycles. The number of amides is 1. The maximum absolute atomic E-state index is 12.2. The Morgan fingerprint density at radius 3 is 2.17 bits per heavy atom. The van der Waals surface area contributed by atoms with Gasteiger partial charge in [-0.05, 0) is 44.4 Å².